The van der Waals surface area contributed by atoms with Gasteiger partial charge in [-0.25, -0.2) is 0 Å². The first-order chi connectivity index (χ1) is 5.61. The van der Waals surface area contributed by atoms with Gasteiger partial charge < -0.3 is 10.1 Å². The van der Waals surface area contributed by atoms with Crippen LogP contribution in [0.25, 0.3) is 0 Å². The van der Waals surface area contributed by atoms with Crippen LogP contribution in [0.4, 0.5) is 0 Å². The van der Waals surface area contributed by atoms with Gasteiger partial charge in [-0.15, -0.1) is 12.4 Å². The highest BCUT2D eigenvalue weighted by Gasteiger charge is 2.38. The average molecular weight is 206 g/mol. The fourth-order valence-electron chi connectivity index (χ4n) is 1.42. The molecule has 4 heteroatoms. The summed E-state index contributed by atoms with van der Waals surface area (Å²) >= 11 is 0. The van der Waals surface area contributed by atoms with E-state index in [4.69, 9.17) is 4.74 Å². The molecule has 1 aliphatic heterocycles. The van der Waals surface area contributed by atoms with Gasteiger partial charge in [0.2, 0.25) is 0 Å². The Hall–Kier alpha value is -0.540. The van der Waals surface area contributed by atoms with Crippen molar-refractivity contribution in [2.24, 2.45) is 5.41 Å². The van der Waals surface area contributed by atoms with Gasteiger partial charge in [-0.2, -0.15) is 0 Å². The summed E-state index contributed by atoms with van der Waals surface area (Å²) in [4.78, 5) is 11.4. The first-order valence-corrected chi connectivity index (χ1v) is 4.08. The quantitative estimate of drug-likeness (QED) is 0.516. The second-order valence-corrected chi connectivity index (χ2v) is 3.35. The van der Waals surface area contributed by atoms with E-state index in [2.05, 4.69) is 11.9 Å². The molecule has 0 aromatic carbocycles. The minimum absolute atomic E-state index is 0. The molecule has 1 saturated heterocycles. The fraction of sp³-hybridized carbons (Fsp3) is 0.667. The van der Waals surface area contributed by atoms with Crippen LogP contribution in [-0.2, 0) is 9.53 Å². The van der Waals surface area contributed by atoms with Crippen molar-refractivity contribution in [1.82, 2.24) is 5.32 Å². The Labute approximate surface area is 84.9 Å². The number of hydrogen-bond acceptors (Lipinski definition) is 3. The topological polar surface area (TPSA) is 38.3 Å². The maximum atomic E-state index is 11.4. The van der Waals surface area contributed by atoms with Crippen LogP contribution in [0.15, 0.2) is 12.2 Å². The molecule has 1 atom stereocenters. The van der Waals surface area contributed by atoms with Crippen LogP contribution in [0.2, 0.25) is 0 Å². The molecule has 1 N–H and O–H groups in total. The van der Waals surface area contributed by atoms with Gasteiger partial charge in [0, 0.05) is 6.54 Å². The van der Waals surface area contributed by atoms with E-state index >= 15 is 0 Å². The van der Waals surface area contributed by atoms with Crippen LogP contribution in [0.3, 0.4) is 0 Å². The molecule has 76 valence electrons. The maximum Gasteiger partial charge on any atom is 0.316 e. The Morgan fingerprint density at radius 1 is 1.69 bits per heavy atom. The SMILES string of the molecule is C=C1CCNC[C@@]1(C)C(=O)OC.Cl. The number of rotatable bonds is 1. The summed E-state index contributed by atoms with van der Waals surface area (Å²) in [7, 11) is 1.41. The predicted molar refractivity (Wildman–Crippen MR) is 54.0 cm³/mol. The lowest BCUT2D eigenvalue weighted by Gasteiger charge is -2.33. The van der Waals surface area contributed by atoms with Crippen molar-refractivity contribution in [2.45, 2.75) is 13.3 Å². The van der Waals surface area contributed by atoms with Crippen molar-refractivity contribution in [1.29, 1.82) is 0 Å². The lowest BCUT2D eigenvalue weighted by Crippen LogP contribution is -2.45. The number of methoxy groups -OCH3 is 1. The van der Waals surface area contributed by atoms with E-state index in [1.807, 2.05) is 6.92 Å². The molecule has 0 spiro atoms. The van der Waals surface area contributed by atoms with Crippen LogP contribution in [0, 0.1) is 5.41 Å². The molecule has 1 rings (SSSR count). The number of piperidine rings is 1. The second kappa shape index (κ2) is 4.63. The zero-order chi connectivity index (χ0) is 9.19. The molecule has 0 amide bonds. The number of carbonyl (C=O) groups excluding carboxylic acids is 1. The minimum Gasteiger partial charge on any atom is -0.468 e. The molecule has 3 nitrogen and oxygen atoms in total. The first kappa shape index (κ1) is 12.5. The molecular formula is C9H16ClNO2. The molecule has 0 aliphatic carbocycles. The number of nitrogens with one attached hydrogen (secondary N) is 1. The van der Waals surface area contributed by atoms with Crippen LogP contribution in [-0.4, -0.2) is 26.2 Å². The summed E-state index contributed by atoms with van der Waals surface area (Å²) in [6, 6.07) is 0. The summed E-state index contributed by atoms with van der Waals surface area (Å²) in [5.74, 6) is -0.195. The van der Waals surface area contributed by atoms with Gasteiger partial charge in [0.25, 0.3) is 0 Å². The van der Waals surface area contributed by atoms with Crippen molar-refractivity contribution in [2.75, 3.05) is 20.2 Å². The Morgan fingerprint density at radius 3 is 2.77 bits per heavy atom. The van der Waals surface area contributed by atoms with Crippen molar-refractivity contribution in [3.8, 4) is 0 Å². The summed E-state index contributed by atoms with van der Waals surface area (Å²) in [5.41, 5.74) is 0.445. The highest BCUT2D eigenvalue weighted by molar-refractivity contribution is 5.85. The molecule has 1 aliphatic rings. The van der Waals surface area contributed by atoms with Crippen molar-refractivity contribution < 1.29 is 9.53 Å². The monoisotopic (exact) mass is 205 g/mol. The summed E-state index contributed by atoms with van der Waals surface area (Å²) < 4.78 is 4.72. The predicted octanol–water partition coefficient (Wildman–Crippen LogP) is 1.14. The normalized spacial score (nSPS) is 27.7. The molecule has 1 heterocycles. The lowest BCUT2D eigenvalue weighted by atomic mass is 9.79. The molecule has 0 aromatic heterocycles. The fourth-order valence-corrected chi connectivity index (χ4v) is 1.42. The molecule has 0 unspecified atom stereocenters. The highest BCUT2D eigenvalue weighted by atomic mass is 35.5. The van der Waals surface area contributed by atoms with E-state index in [0.29, 0.717) is 6.54 Å². The van der Waals surface area contributed by atoms with Gasteiger partial charge in [-0.05, 0) is 19.9 Å². The third kappa shape index (κ3) is 2.23. The second-order valence-electron chi connectivity index (χ2n) is 3.35. The summed E-state index contributed by atoms with van der Waals surface area (Å²) in [5, 5.41) is 3.16. The number of halogens is 1. The van der Waals surface area contributed by atoms with Gasteiger partial charge >= 0.3 is 5.97 Å². The Bertz CT molecular complexity index is 208. The van der Waals surface area contributed by atoms with Crippen LogP contribution < -0.4 is 5.32 Å². The zero-order valence-electron chi connectivity index (χ0n) is 8.05. The Kier molecular flexibility index (Phi) is 4.44. The Morgan fingerprint density at radius 2 is 2.31 bits per heavy atom. The van der Waals surface area contributed by atoms with Crippen LogP contribution >= 0.6 is 12.4 Å². The zero-order valence-corrected chi connectivity index (χ0v) is 8.87. The van der Waals surface area contributed by atoms with Crippen LogP contribution in [0.1, 0.15) is 13.3 Å². The minimum atomic E-state index is -0.521. The number of ether oxygens (including phenoxy) is 1. The molecule has 0 radical (unpaired) electrons. The van der Waals surface area contributed by atoms with E-state index < -0.39 is 5.41 Å². The van der Waals surface area contributed by atoms with Gasteiger partial charge in [0.15, 0.2) is 0 Å². The van der Waals surface area contributed by atoms with Gasteiger partial charge in [0.1, 0.15) is 0 Å². The van der Waals surface area contributed by atoms with Crippen molar-refractivity contribution >= 4 is 18.4 Å². The Balaban J connectivity index is 0.00000144. The molecule has 0 bridgehead atoms. The molecular weight excluding hydrogens is 190 g/mol. The van der Waals surface area contributed by atoms with Gasteiger partial charge in [-0.3, -0.25) is 4.79 Å². The van der Waals surface area contributed by atoms with Crippen molar-refractivity contribution in [3.05, 3.63) is 12.2 Å². The maximum absolute atomic E-state index is 11.4. The van der Waals surface area contributed by atoms with Gasteiger partial charge in [-0.1, -0.05) is 12.2 Å². The number of esters is 1. The molecule has 13 heavy (non-hydrogen) atoms. The number of carbonyl (C=O) groups is 1. The van der Waals surface area contributed by atoms with Gasteiger partial charge in [0.05, 0.1) is 12.5 Å². The lowest BCUT2D eigenvalue weighted by molar-refractivity contribution is -0.149. The largest absolute Gasteiger partial charge is 0.468 e. The van der Waals surface area contributed by atoms with E-state index in [9.17, 15) is 4.79 Å². The highest BCUT2D eigenvalue weighted by Crippen LogP contribution is 2.31. The summed E-state index contributed by atoms with van der Waals surface area (Å²) in [6.45, 7) is 7.31. The molecule has 0 aromatic rings. The number of hydrogen-bond donors (Lipinski definition) is 1. The molecule has 1 fully saturated rings. The summed E-state index contributed by atoms with van der Waals surface area (Å²) in [6.07, 6.45) is 0.853. The van der Waals surface area contributed by atoms with Crippen LogP contribution in [0.5, 0.6) is 0 Å². The molecule has 0 saturated carbocycles. The van der Waals surface area contributed by atoms with E-state index in [-0.39, 0.29) is 18.4 Å². The third-order valence-electron chi connectivity index (χ3n) is 2.50. The first-order valence-electron chi connectivity index (χ1n) is 4.08. The smallest absolute Gasteiger partial charge is 0.316 e. The van der Waals surface area contributed by atoms with E-state index in [0.717, 1.165) is 18.5 Å². The third-order valence-corrected chi connectivity index (χ3v) is 2.50. The standard InChI is InChI=1S/C9H15NO2.ClH/c1-7-4-5-10-6-9(7,2)8(11)12-3;/h10H,1,4-6H2,2-3H3;1H/t9-;/m1./s1. The average Bonchev–Trinajstić information content (AvgIpc) is 2.09. The van der Waals surface area contributed by atoms with E-state index in [1.165, 1.54) is 7.11 Å². The van der Waals surface area contributed by atoms with E-state index in [1.54, 1.807) is 0 Å². The van der Waals surface area contributed by atoms with Crippen molar-refractivity contribution in [3.63, 3.8) is 0 Å².